The van der Waals surface area contributed by atoms with Gasteiger partial charge in [0.1, 0.15) is 11.9 Å². The van der Waals surface area contributed by atoms with Gasteiger partial charge in [0.05, 0.1) is 41.7 Å². The molecule has 1 unspecified atom stereocenters. The fourth-order valence-corrected chi connectivity index (χ4v) is 5.82. The standard InChI is InChI=1S/C31H32Cl2F2N2O8S/c1-46(39,40)45-28-13-21(4-5-22(28)17-37-8-10-41-11-9-37)30(38)43-27(14-23-24(32)15-36-16-25(23)33)20-6-7-26(44-31(34)35)29(12-20)42-18-19-2-3-19/h4-7,12-13,15-16,19,27,31H,2-3,8-11,14,17-18H2,1H3. The summed E-state index contributed by atoms with van der Waals surface area (Å²) >= 11 is 12.8. The van der Waals surface area contributed by atoms with Crippen LogP contribution in [0.2, 0.25) is 10.0 Å². The van der Waals surface area contributed by atoms with Crippen LogP contribution in [0, 0.1) is 5.92 Å². The highest BCUT2D eigenvalue weighted by Gasteiger charge is 2.27. The second kappa shape index (κ2) is 15.1. The first-order chi connectivity index (χ1) is 21.9. The minimum atomic E-state index is -3.93. The van der Waals surface area contributed by atoms with Gasteiger partial charge in [0, 0.05) is 44.0 Å². The Morgan fingerprint density at radius 2 is 1.76 bits per heavy atom. The summed E-state index contributed by atoms with van der Waals surface area (Å²) in [4.78, 5) is 19.7. The van der Waals surface area contributed by atoms with E-state index in [0.29, 0.717) is 62.1 Å². The van der Waals surface area contributed by atoms with Crippen LogP contribution in [0.5, 0.6) is 17.2 Å². The number of pyridine rings is 1. The zero-order valence-corrected chi connectivity index (χ0v) is 27.1. The molecule has 2 aromatic carbocycles. The van der Waals surface area contributed by atoms with E-state index >= 15 is 0 Å². The van der Waals surface area contributed by atoms with Crippen molar-refractivity contribution >= 4 is 39.3 Å². The number of halogens is 4. The molecule has 1 aromatic heterocycles. The van der Waals surface area contributed by atoms with Gasteiger partial charge in [-0.25, -0.2) is 4.79 Å². The number of carbonyl (C=O) groups is 1. The van der Waals surface area contributed by atoms with Crippen LogP contribution in [0.4, 0.5) is 8.78 Å². The molecule has 1 aliphatic carbocycles. The lowest BCUT2D eigenvalue weighted by Gasteiger charge is -2.27. The van der Waals surface area contributed by atoms with Crippen molar-refractivity contribution < 1.29 is 45.1 Å². The Balaban J connectivity index is 1.46. The number of carbonyl (C=O) groups excluding carboxylic acids is 1. The van der Waals surface area contributed by atoms with Crippen molar-refractivity contribution in [1.82, 2.24) is 9.88 Å². The molecule has 0 N–H and O–H groups in total. The van der Waals surface area contributed by atoms with Gasteiger partial charge in [0.2, 0.25) is 0 Å². The Morgan fingerprint density at radius 1 is 1.04 bits per heavy atom. The molecule has 1 saturated heterocycles. The largest absolute Gasteiger partial charge is 0.489 e. The summed E-state index contributed by atoms with van der Waals surface area (Å²) in [7, 11) is -3.93. The first-order valence-electron chi connectivity index (χ1n) is 14.5. The van der Waals surface area contributed by atoms with Crippen molar-refractivity contribution in [3.8, 4) is 17.2 Å². The van der Waals surface area contributed by atoms with E-state index < -0.39 is 28.8 Å². The molecule has 2 fully saturated rings. The molecule has 46 heavy (non-hydrogen) atoms. The van der Waals surface area contributed by atoms with E-state index in [-0.39, 0.29) is 39.3 Å². The van der Waals surface area contributed by atoms with Crippen molar-refractivity contribution in [2.24, 2.45) is 5.92 Å². The average molecular weight is 702 g/mol. The molecule has 1 saturated carbocycles. The van der Waals surface area contributed by atoms with Crippen LogP contribution >= 0.6 is 23.2 Å². The minimum Gasteiger partial charge on any atom is -0.489 e. The molecule has 1 atom stereocenters. The van der Waals surface area contributed by atoms with Crippen LogP contribution in [-0.2, 0) is 32.6 Å². The van der Waals surface area contributed by atoms with Crippen LogP contribution in [0.3, 0.4) is 0 Å². The Hall–Kier alpha value is -3.23. The Bertz CT molecular complexity index is 1630. The third-order valence-electron chi connectivity index (χ3n) is 7.36. The number of alkyl halides is 2. The number of nitrogens with zero attached hydrogens (tertiary/aromatic N) is 2. The lowest BCUT2D eigenvalue weighted by atomic mass is 10.0. The molecule has 0 amide bonds. The van der Waals surface area contributed by atoms with Gasteiger partial charge in [-0.2, -0.15) is 17.2 Å². The first kappa shape index (κ1) is 34.1. The number of morpholine rings is 1. The molecule has 0 bridgehead atoms. The maximum atomic E-state index is 13.6. The second-order valence-corrected chi connectivity index (χ2v) is 13.4. The summed E-state index contributed by atoms with van der Waals surface area (Å²) in [6.07, 6.45) is 4.60. The topological polar surface area (TPSA) is 113 Å². The lowest BCUT2D eigenvalue weighted by Crippen LogP contribution is -2.35. The van der Waals surface area contributed by atoms with Gasteiger partial charge in [-0.1, -0.05) is 35.3 Å². The fraction of sp³-hybridized carbons (Fsp3) is 0.419. The third-order valence-corrected chi connectivity index (χ3v) is 8.49. The number of benzene rings is 2. The predicted octanol–water partition coefficient (Wildman–Crippen LogP) is 6.09. The summed E-state index contributed by atoms with van der Waals surface area (Å²) in [6.45, 7) is 0.00272. The van der Waals surface area contributed by atoms with Gasteiger partial charge in [0.15, 0.2) is 11.5 Å². The zero-order valence-electron chi connectivity index (χ0n) is 24.8. The maximum absolute atomic E-state index is 13.6. The van der Waals surface area contributed by atoms with Crippen molar-refractivity contribution in [2.75, 3.05) is 39.2 Å². The Labute approximate surface area is 275 Å². The van der Waals surface area contributed by atoms with Crippen molar-refractivity contribution in [3.05, 3.63) is 81.1 Å². The molecular formula is C31H32Cl2F2N2O8S. The van der Waals surface area contributed by atoms with E-state index in [0.717, 1.165) is 19.1 Å². The predicted molar refractivity (Wildman–Crippen MR) is 165 cm³/mol. The highest BCUT2D eigenvalue weighted by atomic mass is 35.5. The SMILES string of the molecule is CS(=O)(=O)Oc1cc(C(=O)OC(Cc2c(Cl)cncc2Cl)c2ccc(OC(F)F)c(OCC3CC3)c2)ccc1CN1CCOCC1. The van der Waals surface area contributed by atoms with Gasteiger partial charge >= 0.3 is 22.7 Å². The monoisotopic (exact) mass is 700 g/mol. The van der Waals surface area contributed by atoms with Crippen molar-refractivity contribution in [2.45, 2.75) is 38.5 Å². The summed E-state index contributed by atoms with van der Waals surface area (Å²) in [5.74, 6) is -0.599. The van der Waals surface area contributed by atoms with E-state index in [9.17, 15) is 22.0 Å². The minimum absolute atomic E-state index is 0.00907. The Kier molecular flexibility index (Phi) is 11.2. The quantitative estimate of drug-likeness (QED) is 0.145. The van der Waals surface area contributed by atoms with E-state index in [1.807, 2.05) is 0 Å². The third kappa shape index (κ3) is 9.64. The zero-order chi connectivity index (χ0) is 32.8. The molecule has 248 valence electrons. The van der Waals surface area contributed by atoms with Gasteiger partial charge in [0.25, 0.3) is 0 Å². The van der Waals surface area contributed by atoms with Crippen LogP contribution in [0.25, 0.3) is 0 Å². The molecule has 1 aliphatic heterocycles. The highest BCUT2D eigenvalue weighted by Crippen LogP contribution is 2.38. The number of hydrogen-bond acceptors (Lipinski definition) is 10. The number of esters is 1. The number of aromatic nitrogens is 1. The summed E-state index contributed by atoms with van der Waals surface area (Å²) in [5, 5.41) is 0.459. The van der Waals surface area contributed by atoms with E-state index in [1.165, 1.54) is 42.7 Å². The summed E-state index contributed by atoms with van der Waals surface area (Å²) in [6, 6.07) is 8.71. The first-order valence-corrected chi connectivity index (χ1v) is 17.1. The molecule has 3 aromatic rings. The van der Waals surface area contributed by atoms with Gasteiger partial charge in [-0.05, 0) is 54.2 Å². The molecular weight excluding hydrogens is 669 g/mol. The normalized spacial score (nSPS) is 16.2. The molecule has 2 heterocycles. The van der Waals surface area contributed by atoms with Crippen LogP contribution in [0.1, 0.15) is 46.0 Å². The molecule has 15 heteroatoms. The molecule has 0 radical (unpaired) electrons. The Morgan fingerprint density at radius 3 is 2.41 bits per heavy atom. The van der Waals surface area contributed by atoms with Gasteiger partial charge in [-0.3, -0.25) is 9.88 Å². The molecule has 10 nitrogen and oxygen atoms in total. The van der Waals surface area contributed by atoms with Crippen LogP contribution in [-0.4, -0.2) is 70.0 Å². The number of rotatable bonds is 14. The lowest BCUT2D eigenvalue weighted by molar-refractivity contribution is -0.0515. The van der Waals surface area contributed by atoms with E-state index in [4.69, 9.17) is 41.6 Å². The molecule has 2 aliphatic rings. The van der Waals surface area contributed by atoms with Crippen molar-refractivity contribution in [1.29, 1.82) is 0 Å². The fourth-order valence-electron chi connectivity index (χ4n) is 4.82. The van der Waals surface area contributed by atoms with Gasteiger partial charge < -0.3 is 23.1 Å². The molecule has 5 rings (SSSR count). The maximum Gasteiger partial charge on any atom is 0.387 e. The van der Waals surface area contributed by atoms with E-state index in [2.05, 4.69) is 14.6 Å². The van der Waals surface area contributed by atoms with Crippen molar-refractivity contribution in [3.63, 3.8) is 0 Å². The highest BCUT2D eigenvalue weighted by molar-refractivity contribution is 7.86. The van der Waals surface area contributed by atoms with Gasteiger partial charge in [-0.15, -0.1) is 0 Å². The summed E-state index contributed by atoms with van der Waals surface area (Å²) < 4.78 is 77.7. The molecule has 0 spiro atoms. The average Bonchev–Trinajstić information content (AvgIpc) is 3.83. The second-order valence-electron chi connectivity index (χ2n) is 11.0. The smallest absolute Gasteiger partial charge is 0.387 e. The summed E-state index contributed by atoms with van der Waals surface area (Å²) in [5.41, 5.74) is 1.40. The number of ether oxygens (including phenoxy) is 4. The number of hydrogen-bond donors (Lipinski definition) is 0. The van der Waals surface area contributed by atoms with Crippen LogP contribution < -0.4 is 13.7 Å². The van der Waals surface area contributed by atoms with E-state index in [1.54, 1.807) is 6.07 Å². The van der Waals surface area contributed by atoms with Crippen LogP contribution in [0.15, 0.2) is 48.8 Å².